The van der Waals surface area contributed by atoms with Gasteiger partial charge in [-0.1, -0.05) is 72.3 Å². The van der Waals surface area contributed by atoms with Crippen molar-refractivity contribution in [2.45, 2.75) is 16.7 Å². The molecule has 0 spiro atoms. The van der Waals surface area contributed by atoms with Crippen LogP contribution in [-0.2, 0) is 20.4 Å². The number of nitrogens with one attached hydrogen (secondary N) is 1. The molecule has 0 unspecified atom stereocenters. The number of carbonyl (C=O) groups is 1. The molecule has 5 nitrogen and oxygen atoms in total. The third kappa shape index (κ3) is 4.70. The minimum absolute atomic E-state index is 0.103. The molecule has 29 heavy (non-hydrogen) atoms. The molecule has 0 aliphatic carbocycles. The molecule has 0 bridgehead atoms. The molecular weight excluding hydrogens is 428 g/mol. The van der Waals surface area contributed by atoms with Gasteiger partial charge in [0.2, 0.25) is 5.91 Å². The van der Waals surface area contributed by atoms with Gasteiger partial charge < -0.3 is 5.32 Å². The molecule has 3 rings (SSSR count). The van der Waals surface area contributed by atoms with Crippen LogP contribution in [0.5, 0.6) is 0 Å². The molecule has 1 amide bonds. The monoisotopic (exact) mass is 448 g/mol. The standard InChI is InChI=1S/C21H21ClN2O3S2/c1-21(16-9-5-3-6-10-16,17-11-7-4-8-12-17)23-19(25)15-24(2)29(26,27)20-14-13-18(22)28-20/h3-14H,15H2,1-2H3,(H,23,25). The van der Waals surface area contributed by atoms with E-state index in [1.54, 1.807) is 0 Å². The lowest BCUT2D eigenvalue weighted by atomic mass is 9.84. The highest BCUT2D eigenvalue weighted by Gasteiger charge is 2.32. The van der Waals surface area contributed by atoms with Crippen LogP contribution in [0.15, 0.2) is 77.0 Å². The fourth-order valence-corrected chi connectivity index (χ4v) is 5.87. The van der Waals surface area contributed by atoms with E-state index in [-0.39, 0.29) is 10.8 Å². The first-order chi connectivity index (χ1) is 13.7. The average molecular weight is 449 g/mol. The van der Waals surface area contributed by atoms with Crippen LogP contribution in [0.1, 0.15) is 18.1 Å². The zero-order valence-electron chi connectivity index (χ0n) is 16.0. The minimum Gasteiger partial charge on any atom is -0.342 e. The summed E-state index contributed by atoms with van der Waals surface area (Å²) in [5.41, 5.74) is 0.987. The largest absolute Gasteiger partial charge is 0.342 e. The van der Waals surface area contributed by atoms with E-state index in [2.05, 4.69) is 5.32 Å². The maximum atomic E-state index is 12.9. The van der Waals surface area contributed by atoms with Gasteiger partial charge in [0.15, 0.2) is 0 Å². The van der Waals surface area contributed by atoms with Crippen molar-refractivity contribution in [1.82, 2.24) is 9.62 Å². The van der Waals surface area contributed by atoms with Gasteiger partial charge in [0, 0.05) is 7.05 Å². The van der Waals surface area contributed by atoms with E-state index < -0.39 is 21.5 Å². The SMILES string of the molecule is CN(CC(=O)NC(C)(c1ccccc1)c1ccccc1)S(=O)(=O)c1ccc(Cl)s1. The molecule has 3 aromatic rings. The van der Waals surface area contributed by atoms with Crippen LogP contribution in [0, 0.1) is 0 Å². The van der Waals surface area contributed by atoms with Gasteiger partial charge in [-0.2, -0.15) is 4.31 Å². The van der Waals surface area contributed by atoms with Gasteiger partial charge in [-0.15, -0.1) is 11.3 Å². The highest BCUT2D eigenvalue weighted by Crippen LogP contribution is 2.30. The van der Waals surface area contributed by atoms with Crippen molar-refractivity contribution in [3.63, 3.8) is 0 Å². The Morgan fingerprint density at radius 3 is 1.97 bits per heavy atom. The van der Waals surface area contributed by atoms with Crippen molar-refractivity contribution in [3.8, 4) is 0 Å². The second kappa shape index (κ2) is 8.67. The number of hydrogen-bond acceptors (Lipinski definition) is 4. The van der Waals surface area contributed by atoms with Gasteiger partial charge >= 0.3 is 0 Å². The molecular formula is C21H21ClN2O3S2. The number of sulfonamides is 1. The summed E-state index contributed by atoms with van der Waals surface area (Å²) in [6.45, 7) is 1.59. The Hall–Kier alpha value is -2.19. The van der Waals surface area contributed by atoms with Gasteiger partial charge in [0.1, 0.15) is 4.21 Å². The quantitative estimate of drug-likeness (QED) is 0.591. The molecule has 1 N–H and O–H groups in total. The summed E-state index contributed by atoms with van der Waals surface area (Å²) in [7, 11) is -2.41. The fourth-order valence-electron chi connectivity index (χ4n) is 3.05. The summed E-state index contributed by atoms with van der Waals surface area (Å²) in [6, 6.07) is 22.1. The van der Waals surface area contributed by atoms with Crippen molar-refractivity contribution < 1.29 is 13.2 Å². The molecule has 2 aromatic carbocycles. The number of carbonyl (C=O) groups excluding carboxylic acids is 1. The molecule has 0 fully saturated rings. The van der Waals surface area contributed by atoms with E-state index in [9.17, 15) is 13.2 Å². The Kier molecular flexibility index (Phi) is 6.43. The Labute approximate surface area is 180 Å². The number of benzene rings is 2. The van der Waals surface area contributed by atoms with Crippen molar-refractivity contribution >= 4 is 38.9 Å². The predicted octanol–water partition coefficient (Wildman–Crippen LogP) is 4.10. The summed E-state index contributed by atoms with van der Waals surface area (Å²) >= 11 is 6.82. The van der Waals surface area contributed by atoms with E-state index >= 15 is 0 Å². The van der Waals surface area contributed by atoms with Crippen LogP contribution in [0.4, 0.5) is 0 Å². The molecule has 152 valence electrons. The molecule has 0 aliphatic heterocycles. The van der Waals surface area contributed by atoms with Crippen LogP contribution < -0.4 is 5.32 Å². The lowest BCUT2D eigenvalue weighted by Crippen LogP contribution is -2.48. The predicted molar refractivity (Wildman–Crippen MR) is 117 cm³/mol. The number of amides is 1. The Balaban J connectivity index is 1.84. The Morgan fingerprint density at radius 2 is 1.52 bits per heavy atom. The second-order valence-corrected chi connectivity index (χ2v) is 10.7. The van der Waals surface area contributed by atoms with Gasteiger partial charge in [-0.05, 0) is 30.2 Å². The summed E-state index contributed by atoms with van der Waals surface area (Å²) < 4.78 is 26.9. The summed E-state index contributed by atoms with van der Waals surface area (Å²) in [5, 5.41) is 3.02. The van der Waals surface area contributed by atoms with Gasteiger partial charge in [0.05, 0.1) is 16.4 Å². The normalized spacial score (nSPS) is 12.1. The topological polar surface area (TPSA) is 66.5 Å². The number of nitrogens with zero attached hydrogens (tertiary/aromatic N) is 1. The first-order valence-corrected chi connectivity index (χ1v) is 11.5. The minimum atomic E-state index is -3.79. The van der Waals surface area contributed by atoms with Crippen molar-refractivity contribution in [2.24, 2.45) is 0 Å². The van der Waals surface area contributed by atoms with Crippen molar-refractivity contribution in [3.05, 3.63) is 88.3 Å². The molecule has 0 radical (unpaired) electrons. The Morgan fingerprint density at radius 1 is 1.00 bits per heavy atom. The molecule has 8 heteroatoms. The highest BCUT2D eigenvalue weighted by molar-refractivity contribution is 7.91. The average Bonchev–Trinajstić information content (AvgIpc) is 3.16. The fraction of sp³-hybridized carbons (Fsp3) is 0.190. The van der Waals surface area contributed by atoms with Gasteiger partial charge in [-0.3, -0.25) is 4.79 Å². The molecule has 0 saturated heterocycles. The van der Waals surface area contributed by atoms with Crippen LogP contribution in [0.3, 0.4) is 0 Å². The number of thiophene rings is 1. The second-order valence-electron chi connectivity index (χ2n) is 6.72. The lowest BCUT2D eigenvalue weighted by Gasteiger charge is -2.33. The first-order valence-electron chi connectivity index (χ1n) is 8.87. The van der Waals surface area contributed by atoms with Gasteiger partial charge in [-0.25, -0.2) is 8.42 Å². The highest BCUT2D eigenvalue weighted by atomic mass is 35.5. The summed E-state index contributed by atoms with van der Waals surface area (Å²) in [4.78, 5) is 12.9. The third-order valence-electron chi connectivity index (χ3n) is 4.67. The van der Waals surface area contributed by atoms with E-state index in [4.69, 9.17) is 11.6 Å². The maximum Gasteiger partial charge on any atom is 0.252 e. The third-order valence-corrected chi connectivity index (χ3v) is 8.17. The van der Waals surface area contributed by atoms with Crippen LogP contribution in [0.25, 0.3) is 0 Å². The number of rotatable bonds is 7. The summed E-state index contributed by atoms with van der Waals surface area (Å²) in [5.74, 6) is -0.408. The van der Waals surface area contributed by atoms with E-state index in [0.29, 0.717) is 4.34 Å². The van der Waals surface area contributed by atoms with Crippen molar-refractivity contribution in [1.29, 1.82) is 0 Å². The van der Waals surface area contributed by atoms with Crippen LogP contribution >= 0.6 is 22.9 Å². The zero-order chi connectivity index (χ0) is 21.1. The molecule has 0 saturated carbocycles. The van der Waals surface area contributed by atoms with Crippen molar-refractivity contribution in [2.75, 3.05) is 13.6 Å². The molecule has 0 aliphatic rings. The first kappa shape index (κ1) is 21.5. The number of likely N-dealkylation sites (N-methyl/N-ethyl adjacent to an activating group) is 1. The van der Waals surface area contributed by atoms with Crippen LogP contribution in [-0.4, -0.2) is 32.2 Å². The molecule has 1 heterocycles. The van der Waals surface area contributed by atoms with E-state index in [1.165, 1.54) is 19.2 Å². The summed E-state index contributed by atoms with van der Waals surface area (Å²) in [6.07, 6.45) is 0. The number of hydrogen-bond donors (Lipinski definition) is 1. The molecule has 0 atom stereocenters. The van der Waals surface area contributed by atoms with E-state index in [0.717, 1.165) is 26.8 Å². The number of halogens is 1. The Bertz CT molecular complexity index is 1040. The van der Waals surface area contributed by atoms with Crippen LogP contribution in [0.2, 0.25) is 4.34 Å². The maximum absolute atomic E-state index is 12.9. The molecule has 1 aromatic heterocycles. The van der Waals surface area contributed by atoms with Gasteiger partial charge in [0.25, 0.3) is 10.0 Å². The zero-order valence-corrected chi connectivity index (χ0v) is 18.4. The smallest absolute Gasteiger partial charge is 0.252 e. The lowest BCUT2D eigenvalue weighted by molar-refractivity contribution is -0.122. The van der Waals surface area contributed by atoms with E-state index in [1.807, 2.05) is 67.6 Å².